The van der Waals surface area contributed by atoms with E-state index in [-0.39, 0.29) is 19.9 Å². The summed E-state index contributed by atoms with van der Waals surface area (Å²) in [6.45, 7) is 4.55. The number of rotatable bonds is 5. The van der Waals surface area contributed by atoms with Gasteiger partial charge in [0.05, 0.1) is 30.6 Å². The molecule has 15 heteroatoms. The molecule has 0 saturated carbocycles. The van der Waals surface area contributed by atoms with Gasteiger partial charge in [0.25, 0.3) is 20.2 Å². The van der Waals surface area contributed by atoms with Crippen molar-refractivity contribution in [1.29, 1.82) is 0 Å². The van der Waals surface area contributed by atoms with Crippen LogP contribution in [0.5, 0.6) is 0 Å². The van der Waals surface area contributed by atoms with Gasteiger partial charge in [0.15, 0.2) is 0 Å². The Hall–Kier alpha value is -2.43. The van der Waals surface area contributed by atoms with Gasteiger partial charge in [-0.2, -0.15) is 16.8 Å². The van der Waals surface area contributed by atoms with Gasteiger partial charge >= 0.3 is 0 Å². The third kappa shape index (κ3) is 4.27. The molecule has 3 aromatic rings. The Morgan fingerprint density at radius 2 is 1.58 bits per heavy atom. The van der Waals surface area contributed by atoms with Crippen molar-refractivity contribution in [2.24, 2.45) is 10.2 Å². The molecule has 1 aliphatic heterocycles. The second kappa shape index (κ2) is 8.41. The summed E-state index contributed by atoms with van der Waals surface area (Å²) in [6.07, 6.45) is 0. The second-order valence-electron chi connectivity index (χ2n) is 6.83. The van der Waals surface area contributed by atoms with E-state index in [1.807, 2.05) is 6.92 Å². The van der Waals surface area contributed by atoms with Crippen molar-refractivity contribution in [1.82, 2.24) is 4.57 Å². The SMILES string of the molecule is CCN1C(=NN=c2sc3cc(S(=O)(=O)O)ccc3n2CC)S(=O)c2cc(S(=O)(=O)O)ccc21. The lowest BCUT2D eigenvalue weighted by Crippen LogP contribution is -2.27. The number of hydrogen-bond acceptors (Lipinski definition) is 8. The van der Waals surface area contributed by atoms with Crippen LogP contribution in [0.4, 0.5) is 5.69 Å². The molecule has 1 unspecified atom stereocenters. The van der Waals surface area contributed by atoms with Gasteiger partial charge in [0, 0.05) is 13.1 Å². The largest absolute Gasteiger partial charge is 0.316 e. The third-order valence-corrected chi connectivity index (χ3v) is 9.01. The summed E-state index contributed by atoms with van der Waals surface area (Å²) in [7, 11) is -10.7. The zero-order chi connectivity index (χ0) is 24.1. The molecule has 1 aliphatic rings. The minimum atomic E-state index is -4.46. The van der Waals surface area contributed by atoms with Gasteiger partial charge in [-0.25, -0.2) is 4.21 Å². The molecule has 2 N–H and O–H groups in total. The number of thiazole rings is 1. The predicted molar refractivity (Wildman–Crippen MR) is 124 cm³/mol. The molecule has 33 heavy (non-hydrogen) atoms. The van der Waals surface area contributed by atoms with E-state index < -0.39 is 31.0 Å². The van der Waals surface area contributed by atoms with E-state index in [4.69, 9.17) is 0 Å². The minimum absolute atomic E-state index is 0.0960. The minimum Gasteiger partial charge on any atom is -0.316 e. The summed E-state index contributed by atoms with van der Waals surface area (Å²) >= 11 is 1.15. The first-order chi connectivity index (χ1) is 15.5. The van der Waals surface area contributed by atoms with Crippen molar-refractivity contribution in [3.63, 3.8) is 0 Å². The average Bonchev–Trinajstić information content (AvgIpc) is 3.24. The normalized spacial score (nSPS) is 18.4. The van der Waals surface area contributed by atoms with E-state index in [1.165, 1.54) is 24.3 Å². The Labute approximate surface area is 195 Å². The van der Waals surface area contributed by atoms with Crippen LogP contribution in [0.3, 0.4) is 0 Å². The molecule has 2 heterocycles. The van der Waals surface area contributed by atoms with E-state index in [9.17, 15) is 30.1 Å². The number of aryl methyl sites for hydroxylation is 1. The fourth-order valence-corrected chi connectivity index (χ4v) is 7.00. The molecule has 0 amide bonds. The first kappa shape index (κ1) is 23.7. The van der Waals surface area contributed by atoms with Crippen molar-refractivity contribution in [2.45, 2.75) is 35.1 Å². The first-order valence-corrected chi connectivity index (χ1v) is 14.3. The van der Waals surface area contributed by atoms with E-state index in [0.29, 0.717) is 33.8 Å². The molecular weight excluding hydrogens is 512 g/mol. The van der Waals surface area contributed by atoms with Gasteiger partial charge in [-0.3, -0.25) is 9.11 Å². The maximum absolute atomic E-state index is 13.1. The monoisotopic (exact) mass is 530 g/mol. The van der Waals surface area contributed by atoms with Crippen LogP contribution in [0.15, 0.2) is 61.3 Å². The first-order valence-electron chi connectivity index (χ1n) is 9.49. The van der Waals surface area contributed by atoms with Crippen LogP contribution >= 0.6 is 11.3 Å². The van der Waals surface area contributed by atoms with Crippen LogP contribution in [0.1, 0.15) is 13.8 Å². The van der Waals surface area contributed by atoms with Gasteiger partial charge < -0.3 is 9.47 Å². The summed E-state index contributed by atoms with van der Waals surface area (Å²) in [5.41, 5.74) is 1.18. The van der Waals surface area contributed by atoms with Crippen molar-refractivity contribution in [2.75, 3.05) is 11.4 Å². The molecule has 176 valence electrons. The van der Waals surface area contributed by atoms with Gasteiger partial charge in [-0.05, 0) is 50.2 Å². The summed E-state index contributed by atoms with van der Waals surface area (Å²) in [5.74, 6) is 0. The van der Waals surface area contributed by atoms with Gasteiger partial charge in [-0.15, -0.1) is 10.2 Å². The molecule has 0 spiro atoms. The highest BCUT2D eigenvalue weighted by Crippen LogP contribution is 2.34. The van der Waals surface area contributed by atoms with Crippen molar-refractivity contribution < 1.29 is 30.1 Å². The smallest absolute Gasteiger partial charge is 0.294 e. The van der Waals surface area contributed by atoms with Crippen LogP contribution in [0, 0.1) is 0 Å². The molecule has 2 aromatic carbocycles. The van der Waals surface area contributed by atoms with E-state index in [0.717, 1.165) is 17.4 Å². The van der Waals surface area contributed by atoms with E-state index >= 15 is 0 Å². The summed E-state index contributed by atoms with van der Waals surface area (Å²) in [5, 5.41) is 8.53. The van der Waals surface area contributed by atoms with Gasteiger partial charge in [0.2, 0.25) is 9.97 Å². The maximum atomic E-state index is 13.1. The summed E-state index contributed by atoms with van der Waals surface area (Å²) < 4.78 is 79.8. The Morgan fingerprint density at radius 3 is 2.18 bits per heavy atom. The Kier molecular flexibility index (Phi) is 6.05. The van der Waals surface area contributed by atoms with Crippen molar-refractivity contribution in [3.8, 4) is 0 Å². The average molecular weight is 531 g/mol. The molecule has 0 fully saturated rings. The molecule has 1 atom stereocenters. The number of fused-ring (bicyclic) bond motifs is 2. The number of anilines is 1. The summed E-state index contributed by atoms with van der Waals surface area (Å²) in [6, 6.07) is 8.01. The van der Waals surface area contributed by atoms with E-state index in [2.05, 4.69) is 10.2 Å². The van der Waals surface area contributed by atoms with Crippen molar-refractivity contribution >= 4 is 63.4 Å². The van der Waals surface area contributed by atoms with Crippen LogP contribution in [-0.2, 0) is 37.6 Å². The highest BCUT2D eigenvalue weighted by molar-refractivity contribution is 8.01. The lowest BCUT2D eigenvalue weighted by atomic mass is 10.3. The van der Waals surface area contributed by atoms with Crippen LogP contribution in [0.2, 0.25) is 0 Å². The second-order valence-corrected chi connectivity index (χ2v) is 12.0. The molecule has 4 rings (SSSR count). The van der Waals surface area contributed by atoms with Crippen molar-refractivity contribution in [3.05, 3.63) is 41.2 Å². The number of benzene rings is 2. The lowest BCUT2D eigenvalue weighted by molar-refractivity contribution is 0.481. The Bertz CT molecular complexity index is 1620. The molecule has 1 aromatic heterocycles. The molecular formula is C18H18N4O7S4. The molecule has 0 bridgehead atoms. The number of amidine groups is 1. The van der Waals surface area contributed by atoms with Crippen LogP contribution in [-0.4, -0.2) is 46.4 Å². The third-order valence-electron chi connectivity index (χ3n) is 4.92. The molecule has 0 aliphatic carbocycles. The summed E-state index contributed by atoms with van der Waals surface area (Å²) in [4.78, 5) is 1.62. The molecule has 0 radical (unpaired) electrons. The van der Waals surface area contributed by atoms with Gasteiger partial charge in [0.1, 0.15) is 10.8 Å². The fourth-order valence-electron chi connectivity index (χ4n) is 3.41. The standard InChI is InChI=1S/C18H18N4O7S4/c1-3-21-13-7-5-11(32(24,25)26)9-15(13)30-17(21)19-20-18-22(4-2)14-8-6-12(33(27,28)29)10-16(14)31(18)23/h5-10H,3-4H2,1-2H3,(H,24,25,26)(H,27,28,29). The maximum Gasteiger partial charge on any atom is 0.294 e. The topological polar surface area (TPSA) is 159 Å². The number of aromatic nitrogens is 1. The number of nitrogens with zero attached hydrogens (tertiary/aromatic N) is 4. The quantitative estimate of drug-likeness (QED) is 0.374. The Morgan fingerprint density at radius 1 is 0.939 bits per heavy atom. The zero-order valence-corrected chi connectivity index (χ0v) is 20.5. The van der Waals surface area contributed by atoms with Crippen LogP contribution in [0.25, 0.3) is 10.2 Å². The Balaban J connectivity index is 1.84. The highest BCUT2D eigenvalue weighted by atomic mass is 32.2. The lowest BCUT2D eigenvalue weighted by Gasteiger charge is -2.15. The zero-order valence-electron chi connectivity index (χ0n) is 17.2. The predicted octanol–water partition coefficient (Wildman–Crippen LogP) is 2.04. The molecule has 11 nitrogen and oxygen atoms in total. The number of hydrogen-bond donors (Lipinski definition) is 2. The van der Waals surface area contributed by atoms with Gasteiger partial charge in [-0.1, -0.05) is 11.3 Å². The highest BCUT2D eigenvalue weighted by Gasteiger charge is 2.33. The molecule has 0 saturated heterocycles. The van der Waals surface area contributed by atoms with Crippen LogP contribution < -0.4 is 9.70 Å². The van der Waals surface area contributed by atoms with E-state index in [1.54, 1.807) is 22.5 Å². The fraction of sp³-hybridized carbons (Fsp3) is 0.222.